The molecule has 0 aliphatic rings. The number of oxazole rings is 1. The molecule has 23 heavy (non-hydrogen) atoms. The Labute approximate surface area is 140 Å². The minimum Gasteiger partial charge on any atom is -0.479 e. The standard InChI is InChI=1S/C18H11BrN2O2/c19-13-10-12-8-4-5-9-14(12)20-15(13)16-18(22)23-17(21-16)11-6-2-1-3-7-11/h1-10,22H. The zero-order valence-corrected chi connectivity index (χ0v) is 13.5. The van der Waals surface area contributed by atoms with Crippen molar-refractivity contribution in [2.24, 2.45) is 0 Å². The van der Waals surface area contributed by atoms with Crippen LogP contribution in [0.2, 0.25) is 0 Å². The number of rotatable bonds is 2. The summed E-state index contributed by atoms with van der Waals surface area (Å²) in [5, 5.41) is 11.2. The maximum atomic E-state index is 10.2. The van der Waals surface area contributed by atoms with Crippen LogP contribution in [0.1, 0.15) is 0 Å². The van der Waals surface area contributed by atoms with E-state index >= 15 is 0 Å². The van der Waals surface area contributed by atoms with Gasteiger partial charge in [-0.1, -0.05) is 36.4 Å². The van der Waals surface area contributed by atoms with Crippen LogP contribution in [0.3, 0.4) is 0 Å². The molecular weight excluding hydrogens is 356 g/mol. The predicted molar refractivity (Wildman–Crippen MR) is 92.0 cm³/mol. The van der Waals surface area contributed by atoms with Gasteiger partial charge < -0.3 is 9.52 Å². The number of para-hydroxylation sites is 1. The van der Waals surface area contributed by atoms with E-state index in [1.807, 2.05) is 60.7 Å². The number of nitrogens with zero attached hydrogens (tertiary/aromatic N) is 2. The topological polar surface area (TPSA) is 59.2 Å². The smallest absolute Gasteiger partial charge is 0.313 e. The second kappa shape index (κ2) is 5.52. The van der Waals surface area contributed by atoms with E-state index in [2.05, 4.69) is 25.9 Å². The molecule has 0 fully saturated rings. The van der Waals surface area contributed by atoms with Gasteiger partial charge in [-0.3, -0.25) is 0 Å². The average molecular weight is 367 g/mol. The lowest BCUT2D eigenvalue weighted by molar-refractivity contribution is 0.339. The summed E-state index contributed by atoms with van der Waals surface area (Å²) >= 11 is 3.50. The fraction of sp³-hybridized carbons (Fsp3) is 0. The van der Waals surface area contributed by atoms with Crippen LogP contribution in [0.15, 0.2) is 69.6 Å². The van der Waals surface area contributed by atoms with Gasteiger partial charge in [0.15, 0.2) is 5.69 Å². The molecule has 112 valence electrons. The summed E-state index contributed by atoms with van der Waals surface area (Å²) in [6, 6.07) is 19.2. The van der Waals surface area contributed by atoms with E-state index in [9.17, 15) is 5.11 Å². The summed E-state index contributed by atoms with van der Waals surface area (Å²) < 4.78 is 6.16. The largest absolute Gasteiger partial charge is 0.479 e. The van der Waals surface area contributed by atoms with Crippen molar-refractivity contribution in [1.29, 1.82) is 0 Å². The molecule has 0 bridgehead atoms. The number of hydrogen-bond donors (Lipinski definition) is 1. The normalized spacial score (nSPS) is 11.0. The third-order valence-corrected chi connectivity index (χ3v) is 4.14. The molecular formula is C18H11BrN2O2. The molecule has 2 aromatic carbocycles. The second-order valence-electron chi connectivity index (χ2n) is 5.05. The third-order valence-electron chi connectivity index (χ3n) is 3.53. The SMILES string of the molecule is Oc1oc(-c2ccccc2)nc1-c1nc2ccccc2cc1Br. The quantitative estimate of drug-likeness (QED) is 0.540. The Morgan fingerprint density at radius 2 is 1.61 bits per heavy atom. The Morgan fingerprint density at radius 1 is 0.870 bits per heavy atom. The lowest BCUT2D eigenvalue weighted by Crippen LogP contribution is -1.88. The molecule has 0 saturated carbocycles. The van der Waals surface area contributed by atoms with Crippen molar-refractivity contribution in [3.63, 3.8) is 0 Å². The summed E-state index contributed by atoms with van der Waals surface area (Å²) in [7, 11) is 0. The maximum Gasteiger partial charge on any atom is 0.313 e. The van der Waals surface area contributed by atoms with E-state index in [4.69, 9.17) is 4.42 Å². The van der Waals surface area contributed by atoms with Crippen LogP contribution in [-0.4, -0.2) is 15.1 Å². The first-order valence-electron chi connectivity index (χ1n) is 7.03. The van der Waals surface area contributed by atoms with Crippen LogP contribution in [-0.2, 0) is 0 Å². The zero-order valence-electron chi connectivity index (χ0n) is 11.9. The molecule has 0 radical (unpaired) electrons. The Bertz CT molecular complexity index is 997. The second-order valence-corrected chi connectivity index (χ2v) is 5.90. The summed E-state index contributed by atoms with van der Waals surface area (Å²) in [4.78, 5) is 8.99. The van der Waals surface area contributed by atoms with Gasteiger partial charge in [0.05, 0.1) is 5.52 Å². The van der Waals surface area contributed by atoms with Crippen LogP contribution in [0.25, 0.3) is 33.7 Å². The van der Waals surface area contributed by atoms with Crippen LogP contribution in [0.5, 0.6) is 5.95 Å². The summed E-state index contributed by atoms with van der Waals surface area (Å²) in [5.74, 6) is 0.118. The molecule has 0 aliphatic heterocycles. The number of halogens is 1. The fourth-order valence-corrected chi connectivity index (χ4v) is 2.95. The van der Waals surface area contributed by atoms with Crippen molar-refractivity contribution in [2.45, 2.75) is 0 Å². The Balaban J connectivity index is 1.88. The number of pyridine rings is 1. The number of hydrogen-bond acceptors (Lipinski definition) is 4. The van der Waals surface area contributed by atoms with E-state index in [0.717, 1.165) is 20.9 Å². The van der Waals surface area contributed by atoms with Gasteiger partial charge in [0.2, 0.25) is 5.89 Å². The molecule has 2 aromatic heterocycles. The van der Waals surface area contributed by atoms with Crippen molar-refractivity contribution in [2.75, 3.05) is 0 Å². The minimum absolute atomic E-state index is 0.243. The fourth-order valence-electron chi connectivity index (χ4n) is 2.43. The average Bonchev–Trinajstić information content (AvgIpc) is 2.97. The molecule has 0 unspecified atom stereocenters. The summed E-state index contributed by atoms with van der Waals surface area (Å²) in [6.45, 7) is 0. The van der Waals surface area contributed by atoms with Gasteiger partial charge in [-0.25, -0.2) is 9.97 Å². The van der Waals surface area contributed by atoms with Crippen molar-refractivity contribution in [3.8, 4) is 28.8 Å². The predicted octanol–water partition coefficient (Wildman–Crippen LogP) is 5.02. The van der Waals surface area contributed by atoms with Crippen molar-refractivity contribution >= 4 is 26.8 Å². The van der Waals surface area contributed by atoms with E-state index in [1.165, 1.54) is 0 Å². The summed E-state index contributed by atoms with van der Waals surface area (Å²) in [5.41, 5.74) is 2.49. The number of benzene rings is 2. The molecule has 4 nitrogen and oxygen atoms in total. The molecule has 1 N–H and O–H groups in total. The Morgan fingerprint density at radius 3 is 2.43 bits per heavy atom. The van der Waals surface area contributed by atoms with Crippen LogP contribution >= 0.6 is 15.9 Å². The van der Waals surface area contributed by atoms with Gasteiger partial charge in [0, 0.05) is 15.4 Å². The molecule has 0 spiro atoms. The van der Waals surface area contributed by atoms with Crippen molar-refractivity contribution in [3.05, 3.63) is 65.1 Å². The molecule has 0 amide bonds. The maximum absolute atomic E-state index is 10.2. The molecule has 0 saturated heterocycles. The lowest BCUT2D eigenvalue weighted by atomic mass is 10.2. The van der Waals surface area contributed by atoms with Gasteiger partial charge in [-0.15, -0.1) is 0 Å². The van der Waals surface area contributed by atoms with Crippen molar-refractivity contribution in [1.82, 2.24) is 9.97 Å². The molecule has 4 aromatic rings. The highest BCUT2D eigenvalue weighted by atomic mass is 79.9. The number of fused-ring (bicyclic) bond motifs is 1. The van der Waals surface area contributed by atoms with E-state index in [1.54, 1.807) is 0 Å². The first kappa shape index (κ1) is 14.0. The van der Waals surface area contributed by atoms with Gasteiger partial charge in [-0.05, 0) is 40.2 Å². The highest BCUT2D eigenvalue weighted by Crippen LogP contribution is 2.37. The van der Waals surface area contributed by atoms with E-state index in [-0.39, 0.29) is 5.95 Å². The van der Waals surface area contributed by atoms with Crippen molar-refractivity contribution < 1.29 is 9.52 Å². The Kier molecular flexibility index (Phi) is 3.35. The van der Waals surface area contributed by atoms with Crippen LogP contribution in [0.4, 0.5) is 0 Å². The number of aromatic nitrogens is 2. The first-order valence-corrected chi connectivity index (χ1v) is 7.82. The molecule has 4 rings (SSSR count). The van der Waals surface area contributed by atoms with E-state index in [0.29, 0.717) is 17.3 Å². The minimum atomic E-state index is -0.243. The summed E-state index contributed by atoms with van der Waals surface area (Å²) in [6.07, 6.45) is 0. The number of aromatic hydroxyl groups is 1. The highest BCUT2D eigenvalue weighted by Gasteiger charge is 2.19. The van der Waals surface area contributed by atoms with Gasteiger partial charge in [-0.2, -0.15) is 0 Å². The van der Waals surface area contributed by atoms with E-state index < -0.39 is 0 Å². The van der Waals surface area contributed by atoms with Gasteiger partial charge in [0.25, 0.3) is 0 Å². The molecule has 5 heteroatoms. The van der Waals surface area contributed by atoms with Gasteiger partial charge in [0.1, 0.15) is 5.69 Å². The molecule has 0 aliphatic carbocycles. The van der Waals surface area contributed by atoms with Crippen LogP contribution in [0, 0.1) is 0 Å². The van der Waals surface area contributed by atoms with Crippen LogP contribution < -0.4 is 0 Å². The van der Waals surface area contributed by atoms with Gasteiger partial charge >= 0.3 is 5.95 Å². The lowest BCUT2D eigenvalue weighted by Gasteiger charge is -2.03. The highest BCUT2D eigenvalue weighted by molar-refractivity contribution is 9.10. The molecule has 2 heterocycles. The Hall–Kier alpha value is -2.66. The first-order chi connectivity index (χ1) is 11.2. The molecule has 0 atom stereocenters. The third kappa shape index (κ3) is 2.49. The zero-order chi connectivity index (χ0) is 15.8. The monoisotopic (exact) mass is 366 g/mol.